The minimum atomic E-state index is 0.390. The van der Waals surface area contributed by atoms with Crippen LogP contribution in [0, 0.1) is 0 Å². The number of hydrogen-bond donors (Lipinski definition) is 1. The summed E-state index contributed by atoms with van der Waals surface area (Å²) in [5.74, 6) is 0.968. The van der Waals surface area contributed by atoms with Crippen LogP contribution in [0.15, 0.2) is 24.3 Å². The summed E-state index contributed by atoms with van der Waals surface area (Å²) < 4.78 is 11.4. The predicted molar refractivity (Wildman–Crippen MR) is 81.8 cm³/mol. The van der Waals surface area contributed by atoms with Crippen LogP contribution in [0.1, 0.15) is 26.2 Å². The van der Waals surface area contributed by atoms with Crippen molar-refractivity contribution in [1.29, 1.82) is 0 Å². The molecule has 2 heterocycles. The fourth-order valence-electron chi connectivity index (χ4n) is 2.54. The molecule has 2 aromatic rings. The number of piperidine rings is 1. The quantitative estimate of drug-likeness (QED) is 0.916. The van der Waals surface area contributed by atoms with Crippen LogP contribution in [0.5, 0.6) is 11.8 Å². The molecular weight excluding hydrogens is 266 g/mol. The van der Waals surface area contributed by atoms with Gasteiger partial charge in [0.15, 0.2) is 0 Å². The molecule has 3 rings (SSSR count). The predicted octanol–water partition coefficient (Wildman–Crippen LogP) is 2.55. The zero-order valence-corrected chi connectivity index (χ0v) is 12.3. The number of nitrogens with one attached hydrogen (secondary N) is 1. The van der Waals surface area contributed by atoms with E-state index >= 15 is 0 Å². The normalized spacial score (nSPS) is 18.6. The van der Waals surface area contributed by atoms with Crippen molar-refractivity contribution in [2.45, 2.75) is 32.2 Å². The number of rotatable bonds is 5. The molecule has 0 spiro atoms. The second-order valence-corrected chi connectivity index (χ2v) is 5.21. The minimum Gasteiger partial charge on any atom is -0.474 e. The molecule has 0 radical (unpaired) electrons. The molecule has 1 aliphatic rings. The van der Waals surface area contributed by atoms with Gasteiger partial charge < -0.3 is 14.8 Å². The summed E-state index contributed by atoms with van der Waals surface area (Å²) in [4.78, 5) is 9.04. The van der Waals surface area contributed by atoms with Crippen molar-refractivity contribution in [2.24, 2.45) is 0 Å². The first kappa shape index (κ1) is 14.1. The van der Waals surface area contributed by atoms with Crippen molar-refractivity contribution in [3.8, 4) is 11.8 Å². The van der Waals surface area contributed by atoms with Crippen LogP contribution in [0.2, 0.25) is 0 Å². The van der Waals surface area contributed by atoms with E-state index in [4.69, 9.17) is 9.47 Å². The first-order chi connectivity index (χ1) is 10.4. The number of aromatic nitrogens is 2. The Bertz CT molecular complexity index is 597. The van der Waals surface area contributed by atoms with E-state index in [0.717, 1.165) is 24.0 Å². The lowest BCUT2D eigenvalue weighted by atomic mass is 10.1. The van der Waals surface area contributed by atoms with Crippen molar-refractivity contribution >= 4 is 11.0 Å². The van der Waals surface area contributed by atoms with Gasteiger partial charge in [-0.25, -0.2) is 9.97 Å². The fraction of sp³-hybridized carbons (Fsp3) is 0.500. The van der Waals surface area contributed by atoms with Gasteiger partial charge in [0.05, 0.1) is 17.6 Å². The molecule has 21 heavy (non-hydrogen) atoms. The van der Waals surface area contributed by atoms with E-state index in [-0.39, 0.29) is 0 Å². The molecule has 5 nitrogen and oxygen atoms in total. The Balaban J connectivity index is 1.79. The average Bonchev–Trinajstić information content (AvgIpc) is 2.54. The summed E-state index contributed by atoms with van der Waals surface area (Å²) in [6.45, 7) is 4.15. The maximum atomic E-state index is 5.88. The van der Waals surface area contributed by atoms with Gasteiger partial charge >= 0.3 is 0 Å². The highest BCUT2D eigenvalue weighted by Crippen LogP contribution is 2.26. The Hall–Kier alpha value is -1.88. The van der Waals surface area contributed by atoms with Gasteiger partial charge in [-0.15, -0.1) is 0 Å². The average molecular weight is 287 g/mol. The summed E-state index contributed by atoms with van der Waals surface area (Å²) >= 11 is 0. The maximum absolute atomic E-state index is 5.88. The van der Waals surface area contributed by atoms with Crippen LogP contribution < -0.4 is 14.8 Å². The highest BCUT2D eigenvalue weighted by molar-refractivity contribution is 5.75. The van der Waals surface area contributed by atoms with Crippen LogP contribution >= 0.6 is 0 Å². The van der Waals surface area contributed by atoms with Gasteiger partial charge in [-0.05, 0) is 38.4 Å². The molecule has 0 aliphatic carbocycles. The highest BCUT2D eigenvalue weighted by atomic mass is 16.5. The maximum Gasteiger partial charge on any atom is 0.278 e. The third kappa shape index (κ3) is 3.42. The number of fused-ring (bicyclic) bond motifs is 1. The Morgan fingerprint density at radius 3 is 2.43 bits per heavy atom. The van der Waals surface area contributed by atoms with Crippen molar-refractivity contribution < 1.29 is 9.47 Å². The van der Waals surface area contributed by atoms with Gasteiger partial charge in [0, 0.05) is 6.04 Å². The monoisotopic (exact) mass is 287 g/mol. The lowest BCUT2D eigenvalue weighted by Crippen LogP contribution is -2.38. The molecule has 1 fully saturated rings. The van der Waals surface area contributed by atoms with Crippen molar-refractivity contribution in [1.82, 2.24) is 15.3 Å². The fourth-order valence-corrected chi connectivity index (χ4v) is 2.54. The summed E-state index contributed by atoms with van der Waals surface area (Å²) in [5.41, 5.74) is 1.65. The van der Waals surface area contributed by atoms with Gasteiger partial charge in [0.2, 0.25) is 0 Å². The number of para-hydroxylation sites is 2. The van der Waals surface area contributed by atoms with Gasteiger partial charge in [0.1, 0.15) is 6.61 Å². The molecule has 1 atom stereocenters. The molecule has 1 aromatic carbocycles. The van der Waals surface area contributed by atoms with Crippen molar-refractivity contribution in [2.75, 3.05) is 19.8 Å². The molecule has 0 unspecified atom stereocenters. The first-order valence-electron chi connectivity index (χ1n) is 7.62. The molecule has 1 N–H and O–H groups in total. The molecule has 0 saturated carbocycles. The van der Waals surface area contributed by atoms with Crippen LogP contribution in [-0.2, 0) is 0 Å². The van der Waals surface area contributed by atoms with E-state index in [1.165, 1.54) is 12.8 Å². The molecule has 112 valence electrons. The second-order valence-electron chi connectivity index (χ2n) is 5.21. The van der Waals surface area contributed by atoms with Gasteiger partial charge in [0.25, 0.3) is 11.8 Å². The van der Waals surface area contributed by atoms with Gasteiger partial charge in [-0.1, -0.05) is 18.6 Å². The number of ether oxygens (including phenoxy) is 2. The van der Waals surface area contributed by atoms with E-state index in [1.54, 1.807) is 0 Å². The van der Waals surface area contributed by atoms with E-state index in [0.29, 0.717) is 31.0 Å². The summed E-state index contributed by atoms with van der Waals surface area (Å²) in [6, 6.07) is 8.14. The van der Waals surface area contributed by atoms with E-state index in [2.05, 4.69) is 15.3 Å². The van der Waals surface area contributed by atoms with Crippen LogP contribution in [0.3, 0.4) is 0 Å². The van der Waals surface area contributed by atoms with Crippen LogP contribution in [0.4, 0.5) is 0 Å². The lowest BCUT2D eigenvalue weighted by Gasteiger charge is -2.23. The Kier molecular flexibility index (Phi) is 4.50. The zero-order chi connectivity index (χ0) is 14.5. The topological polar surface area (TPSA) is 56.3 Å². The first-order valence-corrected chi connectivity index (χ1v) is 7.62. The van der Waals surface area contributed by atoms with Crippen LogP contribution in [-0.4, -0.2) is 35.8 Å². The second kappa shape index (κ2) is 6.72. The van der Waals surface area contributed by atoms with Crippen molar-refractivity contribution in [3.05, 3.63) is 24.3 Å². The molecule has 5 heteroatoms. The SMILES string of the molecule is CCOc1nc2ccccc2nc1OC[C@H]1CCCCN1. The standard InChI is InChI=1S/C16H21N3O2/c1-2-20-15-16(21-11-12-7-5-6-10-17-12)19-14-9-4-3-8-13(14)18-15/h3-4,8-9,12,17H,2,5-7,10-11H2,1H3/t12-/m1/s1. The zero-order valence-electron chi connectivity index (χ0n) is 12.3. The Morgan fingerprint density at radius 2 is 1.81 bits per heavy atom. The third-order valence-electron chi connectivity index (χ3n) is 3.62. The largest absolute Gasteiger partial charge is 0.474 e. The van der Waals surface area contributed by atoms with Crippen molar-refractivity contribution in [3.63, 3.8) is 0 Å². The van der Waals surface area contributed by atoms with E-state index in [1.807, 2.05) is 31.2 Å². The summed E-state index contributed by atoms with van der Waals surface area (Å²) in [6.07, 6.45) is 3.64. The Morgan fingerprint density at radius 1 is 1.10 bits per heavy atom. The Labute approximate surface area is 124 Å². The number of hydrogen-bond acceptors (Lipinski definition) is 5. The van der Waals surface area contributed by atoms with Crippen LogP contribution in [0.25, 0.3) is 11.0 Å². The molecular formula is C16H21N3O2. The third-order valence-corrected chi connectivity index (χ3v) is 3.62. The van der Waals surface area contributed by atoms with Gasteiger partial charge in [-0.3, -0.25) is 0 Å². The molecule has 1 aromatic heterocycles. The van der Waals surface area contributed by atoms with E-state index in [9.17, 15) is 0 Å². The van der Waals surface area contributed by atoms with Gasteiger partial charge in [-0.2, -0.15) is 0 Å². The van der Waals surface area contributed by atoms with E-state index < -0.39 is 0 Å². The highest BCUT2D eigenvalue weighted by Gasteiger charge is 2.16. The molecule has 0 bridgehead atoms. The minimum absolute atomic E-state index is 0.390. The molecule has 0 amide bonds. The smallest absolute Gasteiger partial charge is 0.278 e. The number of benzene rings is 1. The summed E-state index contributed by atoms with van der Waals surface area (Å²) in [7, 11) is 0. The summed E-state index contributed by atoms with van der Waals surface area (Å²) in [5, 5.41) is 3.46. The molecule has 1 aliphatic heterocycles. The molecule has 1 saturated heterocycles. The number of nitrogens with zero attached hydrogens (tertiary/aromatic N) is 2. The lowest BCUT2D eigenvalue weighted by molar-refractivity contribution is 0.215.